The maximum atomic E-state index is 6.92. The summed E-state index contributed by atoms with van der Waals surface area (Å²) in [6, 6.07) is 56.1. The van der Waals surface area contributed by atoms with Gasteiger partial charge in [0.05, 0.1) is 0 Å². The van der Waals surface area contributed by atoms with E-state index in [0.717, 1.165) is 11.5 Å². The van der Waals surface area contributed by atoms with Crippen molar-refractivity contribution in [2.45, 2.75) is 0 Å². The summed E-state index contributed by atoms with van der Waals surface area (Å²) in [7, 11) is 0. The van der Waals surface area contributed by atoms with Crippen LogP contribution in [0.15, 0.2) is 156 Å². The highest BCUT2D eigenvalue weighted by molar-refractivity contribution is 7.05. The van der Waals surface area contributed by atoms with Crippen LogP contribution in [0.3, 0.4) is 0 Å². The number of furan rings is 1. The van der Waals surface area contributed by atoms with Crippen molar-refractivity contribution in [2.75, 3.05) is 4.90 Å². The van der Waals surface area contributed by atoms with Gasteiger partial charge in [0.2, 0.25) is 12.6 Å². The molecule has 4 heterocycles. The summed E-state index contributed by atoms with van der Waals surface area (Å²) in [6.45, 7) is 0.159. The Morgan fingerprint density at radius 2 is 1.02 bits per heavy atom. The van der Waals surface area contributed by atoms with E-state index in [0.29, 0.717) is 0 Å². The van der Waals surface area contributed by atoms with Gasteiger partial charge in [-0.2, -0.15) is 0 Å². The molecule has 0 amide bonds. The van der Waals surface area contributed by atoms with E-state index in [2.05, 4.69) is 157 Å². The molecule has 0 saturated carbocycles. The Balaban J connectivity index is 1.25. The number of anilines is 3. The third-order valence-electron chi connectivity index (χ3n) is 11.3. The van der Waals surface area contributed by atoms with Gasteiger partial charge in [0.25, 0.3) is 6.71 Å². The number of benzene rings is 8. The molecule has 218 valence electrons. The molecule has 9 aromatic rings. The number of para-hydroxylation sites is 2. The normalized spacial score (nSPS) is 13.7. The lowest BCUT2D eigenvalue weighted by Gasteiger charge is -2.40. The number of hydrogen-bond donors (Lipinski definition) is 0. The lowest BCUT2D eigenvalue weighted by molar-refractivity contribution is 0.623. The summed E-state index contributed by atoms with van der Waals surface area (Å²) >= 11 is 0. The van der Waals surface area contributed by atoms with Gasteiger partial charge in [0.1, 0.15) is 5.58 Å². The molecule has 3 aliphatic rings. The van der Waals surface area contributed by atoms with Crippen molar-refractivity contribution >= 4 is 107 Å². The molecule has 4 heteroatoms. The van der Waals surface area contributed by atoms with Crippen molar-refractivity contribution in [3.8, 4) is 11.1 Å². The van der Waals surface area contributed by atoms with Crippen molar-refractivity contribution in [3.05, 3.63) is 152 Å². The van der Waals surface area contributed by atoms with Crippen LogP contribution in [0.2, 0.25) is 0 Å². The predicted molar refractivity (Wildman–Crippen MR) is 205 cm³/mol. The zero-order chi connectivity index (χ0) is 31.1. The van der Waals surface area contributed by atoms with Gasteiger partial charge >= 0.3 is 0 Å². The highest BCUT2D eigenvalue weighted by Gasteiger charge is 2.49. The molecule has 48 heavy (non-hydrogen) atoms. The van der Waals surface area contributed by atoms with Crippen LogP contribution < -0.4 is 37.7 Å². The van der Waals surface area contributed by atoms with Crippen molar-refractivity contribution < 1.29 is 4.42 Å². The maximum absolute atomic E-state index is 6.92. The molecule has 0 N–H and O–H groups in total. The Labute approximate surface area is 278 Å². The van der Waals surface area contributed by atoms with Crippen LogP contribution in [0, 0.1) is 0 Å². The summed E-state index contributed by atoms with van der Waals surface area (Å²) in [5.41, 5.74) is 14.1. The predicted octanol–water partition coefficient (Wildman–Crippen LogP) is 7.00. The SMILES string of the molecule is c1ccc(B2c3cccc4c3N(c3cccc5c3B4c3c-5ccc4c5ccccc5c5ccccc5c34)c3oc4ccccc4c32)cc1. The zero-order valence-corrected chi connectivity index (χ0v) is 25.9. The third-order valence-corrected chi connectivity index (χ3v) is 11.3. The molecule has 1 aromatic heterocycles. The molecule has 0 aliphatic carbocycles. The minimum Gasteiger partial charge on any atom is -0.440 e. The summed E-state index contributed by atoms with van der Waals surface area (Å²) in [5.74, 6) is 0.939. The minimum absolute atomic E-state index is 0.0546. The van der Waals surface area contributed by atoms with Crippen LogP contribution in [0.4, 0.5) is 17.3 Å². The fourth-order valence-electron chi connectivity index (χ4n) is 9.58. The average Bonchev–Trinajstić information content (AvgIpc) is 3.70. The summed E-state index contributed by atoms with van der Waals surface area (Å²) < 4.78 is 6.92. The molecule has 0 saturated heterocycles. The zero-order valence-electron chi connectivity index (χ0n) is 25.9. The maximum Gasteiger partial charge on any atom is 0.251 e. The Kier molecular flexibility index (Phi) is 4.65. The standard InChI is InChI=1S/C44H25B2NO/c1-2-12-26(13-3-1)45-35-20-11-21-36-43(35)47(44-42(45)34-18-8-9-23-38(34)48-44)37-22-10-19-32-33-25-24-31-29-16-5-4-14-27(29)28-15-6-7-17-30(28)39(31)41(33)46(36)40(32)37/h1-25H. The molecule has 8 aromatic carbocycles. The number of hydrogen-bond acceptors (Lipinski definition) is 2. The van der Waals surface area contributed by atoms with Crippen molar-refractivity contribution in [1.29, 1.82) is 0 Å². The fourth-order valence-corrected chi connectivity index (χ4v) is 9.58. The second-order valence-electron chi connectivity index (χ2n) is 13.5. The van der Waals surface area contributed by atoms with Gasteiger partial charge < -0.3 is 4.42 Å². The van der Waals surface area contributed by atoms with Crippen LogP contribution in [0.1, 0.15) is 0 Å². The van der Waals surface area contributed by atoms with Crippen molar-refractivity contribution in [3.63, 3.8) is 0 Å². The van der Waals surface area contributed by atoms with Crippen LogP contribution in [0.25, 0.3) is 54.4 Å². The van der Waals surface area contributed by atoms with Gasteiger partial charge in [-0.15, -0.1) is 0 Å². The topological polar surface area (TPSA) is 16.4 Å². The second kappa shape index (κ2) is 8.87. The molecule has 12 rings (SSSR count). The van der Waals surface area contributed by atoms with Crippen molar-refractivity contribution in [2.24, 2.45) is 0 Å². The lowest BCUT2D eigenvalue weighted by atomic mass is 9.31. The van der Waals surface area contributed by atoms with E-state index in [9.17, 15) is 0 Å². The Bertz CT molecular complexity index is 2840. The van der Waals surface area contributed by atoms with Crippen LogP contribution >= 0.6 is 0 Å². The number of fused-ring (bicyclic) bond motifs is 16. The first-order valence-corrected chi connectivity index (χ1v) is 16.9. The first-order chi connectivity index (χ1) is 23.9. The van der Waals surface area contributed by atoms with Gasteiger partial charge in [0.15, 0.2) is 0 Å². The molecule has 0 spiro atoms. The minimum atomic E-state index is 0.0546. The van der Waals surface area contributed by atoms with E-state index < -0.39 is 0 Å². The summed E-state index contributed by atoms with van der Waals surface area (Å²) in [5, 5.41) is 9.15. The largest absolute Gasteiger partial charge is 0.440 e. The van der Waals surface area contributed by atoms with E-state index >= 15 is 0 Å². The monoisotopic (exact) mass is 605 g/mol. The Hall–Kier alpha value is -5.99. The smallest absolute Gasteiger partial charge is 0.251 e. The number of nitrogens with zero attached hydrogens (tertiary/aromatic N) is 1. The third kappa shape index (κ3) is 2.94. The lowest BCUT2D eigenvalue weighted by Crippen LogP contribution is -2.63. The Morgan fingerprint density at radius 3 is 1.81 bits per heavy atom. The Morgan fingerprint density at radius 1 is 0.417 bits per heavy atom. The van der Waals surface area contributed by atoms with E-state index in [1.807, 2.05) is 0 Å². The molecule has 0 bridgehead atoms. The van der Waals surface area contributed by atoms with Crippen LogP contribution in [-0.4, -0.2) is 13.4 Å². The summed E-state index contributed by atoms with van der Waals surface area (Å²) in [6.07, 6.45) is 0. The quantitative estimate of drug-likeness (QED) is 0.148. The average molecular weight is 605 g/mol. The molecule has 0 unspecified atom stereocenters. The van der Waals surface area contributed by atoms with E-state index in [4.69, 9.17) is 4.42 Å². The molecular weight excluding hydrogens is 580 g/mol. The molecule has 0 radical (unpaired) electrons. The summed E-state index contributed by atoms with van der Waals surface area (Å²) in [4.78, 5) is 2.45. The van der Waals surface area contributed by atoms with Crippen LogP contribution in [0.5, 0.6) is 0 Å². The molecule has 3 aliphatic heterocycles. The number of rotatable bonds is 1. The second-order valence-corrected chi connectivity index (χ2v) is 13.5. The van der Waals surface area contributed by atoms with E-state index in [1.54, 1.807) is 0 Å². The van der Waals surface area contributed by atoms with Crippen molar-refractivity contribution in [1.82, 2.24) is 0 Å². The molecular formula is C44H25B2NO. The highest BCUT2D eigenvalue weighted by Crippen LogP contribution is 2.45. The van der Waals surface area contributed by atoms with Gasteiger partial charge in [-0.05, 0) is 72.0 Å². The first-order valence-electron chi connectivity index (χ1n) is 16.9. The van der Waals surface area contributed by atoms with Gasteiger partial charge in [-0.3, -0.25) is 4.90 Å². The highest BCUT2D eigenvalue weighted by atomic mass is 16.4. The van der Waals surface area contributed by atoms with E-state index in [1.165, 1.54) is 93.0 Å². The molecule has 0 fully saturated rings. The molecule has 2 nitrogen and oxygen atoms in total. The van der Waals surface area contributed by atoms with E-state index in [-0.39, 0.29) is 13.4 Å². The van der Waals surface area contributed by atoms with Gasteiger partial charge in [-0.25, -0.2) is 0 Å². The molecule has 0 atom stereocenters. The fraction of sp³-hybridized carbons (Fsp3) is 0. The first kappa shape index (κ1) is 25.1. The van der Waals surface area contributed by atoms with Gasteiger partial charge in [-0.1, -0.05) is 150 Å². The van der Waals surface area contributed by atoms with Gasteiger partial charge in [0, 0.05) is 22.2 Å². The van der Waals surface area contributed by atoms with Crippen LogP contribution in [-0.2, 0) is 0 Å².